The molecular formula is C13H24FN. The van der Waals surface area contributed by atoms with Crippen molar-refractivity contribution in [2.45, 2.75) is 57.5 Å². The highest BCUT2D eigenvalue weighted by molar-refractivity contribution is 4.91. The minimum atomic E-state index is -0.844. The van der Waals surface area contributed by atoms with E-state index in [0.29, 0.717) is 5.92 Å². The second-order valence-corrected chi connectivity index (χ2v) is 5.59. The first-order valence-electron chi connectivity index (χ1n) is 6.60. The highest BCUT2D eigenvalue weighted by Crippen LogP contribution is 2.42. The maximum atomic E-state index is 14.8. The van der Waals surface area contributed by atoms with E-state index >= 15 is 0 Å². The summed E-state index contributed by atoms with van der Waals surface area (Å²) in [6.07, 6.45) is 7.27. The van der Waals surface area contributed by atoms with Gasteiger partial charge in [0.1, 0.15) is 5.67 Å². The smallest absolute Gasteiger partial charge is 0.115 e. The van der Waals surface area contributed by atoms with Crippen molar-refractivity contribution < 1.29 is 4.39 Å². The molecule has 1 aliphatic heterocycles. The summed E-state index contributed by atoms with van der Waals surface area (Å²) in [7, 11) is 0. The standard InChI is InChI=1S/C13H24FN/c1-11-3-5-12(6-4-11)13(14)7-2-9-15-10-8-13/h11-12,15H,2-10H2,1H3. The van der Waals surface area contributed by atoms with Gasteiger partial charge in [0.05, 0.1) is 0 Å². The van der Waals surface area contributed by atoms with Crippen molar-refractivity contribution in [1.29, 1.82) is 0 Å². The van der Waals surface area contributed by atoms with Crippen molar-refractivity contribution in [3.63, 3.8) is 0 Å². The van der Waals surface area contributed by atoms with Crippen LogP contribution in [0.15, 0.2) is 0 Å². The van der Waals surface area contributed by atoms with Gasteiger partial charge in [-0.25, -0.2) is 4.39 Å². The Labute approximate surface area is 92.8 Å². The van der Waals surface area contributed by atoms with Gasteiger partial charge in [0.2, 0.25) is 0 Å². The Morgan fingerprint density at radius 2 is 1.80 bits per heavy atom. The lowest BCUT2D eigenvalue weighted by Crippen LogP contribution is -2.36. The largest absolute Gasteiger partial charge is 0.317 e. The molecule has 1 N–H and O–H groups in total. The number of alkyl halides is 1. The van der Waals surface area contributed by atoms with Gasteiger partial charge in [-0.15, -0.1) is 0 Å². The Hall–Kier alpha value is -0.110. The van der Waals surface area contributed by atoms with Gasteiger partial charge in [0.25, 0.3) is 0 Å². The molecule has 2 fully saturated rings. The molecule has 1 atom stereocenters. The summed E-state index contributed by atoms with van der Waals surface area (Å²) >= 11 is 0. The molecule has 2 heteroatoms. The van der Waals surface area contributed by atoms with Gasteiger partial charge in [0, 0.05) is 0 Å². The lowest BCUT2D eigenvalue weighted by Gasteiger charge is -2.37. The van der Waals surface area contributed by atoms with Gasteiger partial charge >= 0.3 is 0 Å². The van der Waals surface area contributed by atoms with Crippen molar-refractivity contribution in [3.8, 4) is 0 Å². The first-order valence-corrected chi connectivity index (χ1v) is 6.60. The minimum Gasteiger partial charge on any atom is -0.317 e. The second-order valence-electron chi connectivity index (χ2n) is 5.59. The first-order chi connectivity index (χ1) is 7.21. The molecule has 0 aromatic carbocycles. The predicted octanol–water partition coefficient (Wildman–Crippen LogP) is 3.29. The number of nitrogens with one attached hydrogen (secondary N) is 1. The summed E-state index contributed by atoms with van der Waals surface area (Å²) in [5.74, 6) is 1.18. The van der Waals surface area contributed by atoms with Crippen molar-refractivity contribution >= 4 is 0 Å². The molecule has 1 saturated heterocycles. The molecule has 1 heterocycles. The number of halogens is 1. The normalized spacial score (nSPS) is 43.6. The van der Waals surface area contributed by atoms with Crippen LogP contribution in [-0.2, 0) is 0 Å². The van der Waals surface area contributed by atoms with Gasteiger partial charge in [-0.3, -0.25) is 0 Å². The highest BCUT2D eigenvalue weighted by Gasteiger charge is 2.40. The monoisotopic (exact) mass is 213 g/mol. The Balaban J connectivity index is 1.94. The lowest BCUT2D eigenvalue weighted by molar-refractivity contribution is 0.0356. The van der Waals surface area contributed by atoms with Crippen LogP contribution < -0.4 is 5.32 Å². The molecule has 2 aliphatic rings. The zero-order valence-electron chi connectivity index (χ0n) is 9.90. The van der Waals surface area contributed by atoms with Crippen molar-refractivity contribution in [3.05, 3.63) is 0 Å². The molecule has 88 valence electrons. The Morgan fingerprint density at radius 1 is 1.07 bits per heavy atom. The molecule has 1 unspecified atom stereocenters. The average molecular weight is 213 g/mol. The van der Waals surface area contributed by atoms with E-state index in [0.717, 1.165) is 51.1 Å². The average Bonchev–Trinajstić information content (AvgIpc) is 2.45. The molecule has 2 rings (SSSR count). The van der Waals surface area contributed by atoms with Crippen LogP contribution in [0.4, 0.5) is 4.39 Å². The number of hydrogen-bond acceptors (Lipinski definition) is 1. The van der Waals surface area contributed by atoms with E-state index in [1.807, 2.05) is 0 Å². The topological polar surface area (TPSA) is 12.0 Å². The highest BCUT2D eigenvalue weighted by atomic mass is 19.1. The second kappa shape index (κ2) is 4.82. The summed E-state index contributed by atoms with van der Waals surface area (Å²) in [4.78, 5) is 0. The van der Waals surface area contributed by atoms with E-state index in [-0.39, 0.29) is 0 Å². The van der Waals surface area contributed by atoms with Crippen LogP contribution in [0, 0.1) is 11.8 Å². The maximum Gasteiger partial charge on any atom is 0.115 e. The first kappa shape index (κ1) is 11.4. The van der Waals surface area contributed by atoms with Crippen LogP contribution >= 0.6 is 0 Å². The van der Waals surface area contributed by atoms with Crippen LogP contribution in [0.2, 0.25) is 0 Å². The summed E-state index contributed by atoms with van der Waals surface area (Å²) in [6.45, 7) is 4.19. The molecular weight excluding hydrogens is 189 g/mol. The molecule has 0 bridgehead atoms. The van der Waals surface area contributed by atoms with Gasteiger partial charge in [0.15, 0.2) is 0 Å². The van der Waals surface area contributed by atoms with E-state index in [4.69, 9.17) is 0 Å². The third-order valence-corrected chi connectivity index (χ3v) is 4.41. The lowest BCUT2D eigenvalue weighted by atomic mass is 9.72. The van der Waals surface area contributed by atoms with Gasteiger partial charge in [-0.2, -0.15) is 0 Å². The number of hydrogen-bond donors (Lipinski definition) is 1. The quantitative estimate of drug-likeness (QED) is 0.704. The molecule has 0 aromatic rings. The Bertz CT molecular complexity index is 189. The van der Waals surface area contributed by atoms with Crippen LogP contribution in [0.25, 0.3) is 0 Å². The predicted molar refractivity (Wildman–Crippen MR) is 61.7 cm³/mol. The molecule has 0 spiro atoms. The van der Waals surface area contributed by atoms with Crippen LogP contribution in [0.3, 0.4) is 0 Å². The van der Waals surface area contributed by atoms with E-state index < -0.39 is 5.67 Å². The molecule has 1 nitrogen and oxygen atoms in total. The van der Waals surface area contributed by atoms with E-state index in [1.54, 1.807) is 0 Å². The molecule has 1 saturated carbocycles. The molecule has 15 heavy (non-hydrogen) atoms. The molecule has 0 amide bonds. The van der Waals surface area contributed by atoms with E-state index in [1.165, 1.54) is 12.8 Å². The van der Waals surface area contributed by atoms with Crippen molar-refractivity contribution in [1.82, 2.24) is 5.32 Å². The zero-order valence-corrected chi connectivity index (χ0v) is 9.90. The third-order valence-electron chi connectivity index (χ3n) is 4.41. The summed E-state index contributed by atoms with van der Waals surface area (Å²) in [6, 6.07) is 0. The Kier molecular flexibility index (Phi) is 3.65. The minimum absolute atomic E-state index is 0.355. The fraction of sp³-hybridized carbons (Fsp3) is 1.00. The maximum absolute atomic E-state index is 14.8. The molecule has 0 radical (unpaired) electrons. The SMILES string of the molecule is CC1CCC(C2(F)CCCNCC2)CC1. The van der Waals surface area contributed by atoms with Crippen LogP contribution in [-0.4, -0.2) is 18.8 Å². The zero-order chi connectivity index (χ0) is 10.7. The van der Waals surface area contributed by atoms with Crippen LogP contribution in [0.5, 0.6) is 0 Å². The molecule has 1 aliphatic carbocycles. The van der Waals surface area contributed by atoms with Crippen LogP contribution in [0.1, 0.15) is 51.9 Å². The van der Waals surface area contributed by atoms with Gasteiger partial charge < -0.3 is 5.32 Å². The molecule has 0 aromatic heterocycles. The fourth-order valence-electron chi connectivity index (χ4n) is 3.24. The fourth-order valence-corrected chi connectivity index (χ4v) is 3.24. The Morgan fingerprint density at radius 3 is 2.53 bits per heavy atom. The van der Waals surface area contributed by atoms with Gasteiger partial charge in [-0.1, -0.05) is 19.8 Å². The third kappa shape index (κ3) is 2.72. The van der Waals surface area contributed by atoms with E-state index in [9.17, 15) is 4.39 Å². The summed E-state index contributed by atoms with van der Waals surface area (Å²) < 4.78 is 14.8. The summed E-state index contributed by atoms with van der Waals surface area (Å²) in [5, 5.41) is 3.31. The van der Waals surface area contributed by atoms with E-state index in [2.05, 4.69) is 12.2 Å². The van der Waals surface area contributed by atoms with Crippen molar-refractivity contribution in [2.24, 2.45) is 11.8 Å². The van der Waals surface area contributed by atoms with Gasteiger partial charge in [-0.05, 0) is 57.0 Å². The summed E-state index contributed by atoms with van der Waals surface area (Å²) in [5.41, 5.74) is -0.844. The number of rotatable bonds is 1. The van der Waals surface area contributed by atoms with Crippen molar-refractivity contribution in [2.75, 3.05) is 13.1 Å².